The topological polar surface area (TPSA) is 53.4 Å². The molecule has 0 radical (unpaired) electrons. The number of esters is 1. The van der Waals surface area contributed by atoms with Gasteiger partial charge in [-0.05, 0) is 12.1 Å². The number of rotatable bonds is 8. The lowest BCUT2D eigenvalue weighted by Crippen LogP contribution is -2.20. The summed E-state index contributed by atoms with van der Waals surface area (Å²) in [6, 6.07) is 5.05. The van der Waals surface area contributed by atoms with Crippen molar-refractivity contribution < 1.29 is 14.3 Å². The zero-order valence-corrected chi connectivity index (χ0v) is 13.8. The predicted molar refractivity (Wildman–Crippen MR) is 88.5 cm³/mol. The lowest BCUT2D eigenvalue weighted by atomic mass is 10.1. The maximum atomic E-state index is 11.9. The highest BCUT2D eigenvalue weighted by Gasteiger charge is 2.20. The van der Waals surface area contributed by atoms with Crippen LogP contribution in [0, 0.1) is 0 Å². The normalized spacial score (nSPS) is 11.9. The van der Waals surface area contributed by atoms with Gasteiger partial charge in [-0.25, -0.2) is 9.78 Å². The number of halogens is 2. The first-order valence-electron chi connectivity index (χ1n) is 6.89. The number of aromatic nitrogens is 2. The molecule has 1 heterocycles. The molecule has 5 nitrogen and oxygen atoms in total. The highest BCUT2D eigenvalue weighted by atomic mass is 35.5. The van der Waals surface area contributed by atoms with Gasteiger partial charge >= 0.3 is 5.97 Å². The van der Waals surface area contributed by atoms with Crippen LogP contribution in [0.5, 0.6) is 0 Å². The largest absolute Gasteiger partial charge is 0.454 e. The molecular formula is C16H16Cl2N2O3. The highest BCUT2D eigenvalue weighted by Crippen LogP contribution is 2.29. The number of carbonyl (C=O) groups excluding carboxylic acids is 1. The Balaban J connectivity index is 2.14. The predicted octanol–water partition coefficient (Wildman–Crippen LogP) is 3.68. The third-order valence-corrected chi connectivity index (χ3v) is 3.54. The van der Waals surface area contributed by atoms with Crippen LogP contribution in [0.25, 0.3) is 0 Å². The van der Waals surface area contributed by atoms with Gasteiger partial charge in [-0.1, -0.05) is 35.3 Å². The van der Waals surface area contributed by atoms with E-state index < -0.39 is 12.1 Å². The minimum Gasteiger partial charge on any atom is -0.454 e. The fourth-order valence-electron chi connectivity index (χ4n) is 1.97. The van der Waals surface area contributed by atoms with Gasteiger partial charge in [0.05, 0.1) is 19.5 Å². The summed E-state index contributed by atoms with van der Waals surface area (Å²) in [5.41, 5.74) is 0.668. The molecule has 0 bridgehead atoms. The van der Waals surface area contributed by atoms with Crippen molar-refractivity contribution in [2.24, 2.45) is 0 Å². The molecule has 1 unspecified atom stereocenters. The molecule has 0 fully saturated rings. The van der Waals surface area contributed by atoms with Crippen molar-refractivity contribution in [3.63, 3.8) is 0 Å². The summed E-state index contributed by atoms with van der Waals surface area (Å²) < 4.78 is 12.4. The van der Waals surface area contributed by atoms with Crippen molar-refractivity contribution in [3.8, 4) is 0 Å². The van der Waals surface area contributed by atoms with Gasteiger partial charge in [0.25, 0.3) is 0 Å². The summed E-state index contributed by atoms with van der Waals surface area (Å²) in [5, 5.41) is 0.947. The van der Waals surface area contributed by atoms with Crippen LogP contribution in [0.1, 0.15) is 11.7 Å². The van der Waals surface area contributed by atoms with Crippen LogP contribution in [-0.4, -0.2) is 28.7 Å². The van der Waals surface area contributed by atoms with E-state index in [2.05, 4.69) is 11.6 Å². The summed E-state index contributed by atoms with van der Waals surface area (Å²) in [5.74, 6) is -0.483. The second-order valence-corrected chi connectivity index (χ2v) is 5.55. The molecule has 2 aromatic rings. The average Bonchev–Trinajstić information content (AvgIpc) is 3.00. The average molecular weight is 355 g/mol. The van der Waals surface area contributed by atoms with E-state index >= 15 is 0 Å². The zero-order valence-electron chi connectivity index (χ0n) is 12.3. The van der Waals surface area contributed by atoms with Gasteiger partial charge in [0.1, 0.15) is 12.7 Å². The fraction of sp³-hybridized carbons (Fsp3) is 0.250. The Labute approximate surface area is 144 Å². The molecular weight excluding hydrogens is 339 g/mol. The molecule has 0 saturated heterocycles. The maximum Gasteiger partial charge on any atom is 0.332 e. The lowest BCUT2D eigenvalue weighted by molar-refractivity contribution is -0.155. The van der Waals surface area contributed by atoms with Crippen LogP contribution in [0.15, 0.2) is 49.6 Å². The monoisotopic (exact) mass is 354 g/mol. The molecule has 0 N–H and O–H groups in total. The zero-order chi connectivity index (χ0) is 16.7. The minimum atomic E-state index is -0.575. The number of ether oxygens (including phenoxy) is 2. The fourth-order valence-corrected chi connectivity index (χ4v) is 2.50. The summed E-state index contributed by atoms with van der Waals surface area (Å²) in [4.78, 5) is 15.9. The Kier molecular flexibility index (Phi) is 6.65. The summed E-state index contributed by atoms with van der Waals surface area (Å²) in [7, 11) is 0. The van der Waals surface area contributed by atoms with Crippen LogP contribution in [0.3, 0.4) is 0 Å². The number of carbonyl (C=O) groups is 1. The SMILES string of the molecule is C=CCOCC(=O)OC(Cn1ccnc1)c1ccc(Cl)cc1Cl. The second kappa shape index (κ2) is 8.72. The molecule has 1 atom stereocenters. The molecule has 0 amide bonds. The molecule has 0 spiro atoms. The molecule has 0 aliphatic rings. The molecule has 23 heavy (non-hydrogen) atoms. The third kappa shape index (κ3) is 5.39. The first-order chi connectivity index (χ1) is 11.1. The van der Waals surface area contributed by atoms with Gasteiger partial charge in [0.2, 0.25) is 0 Å². The van der Waals surface area contributed by atoms with Crippen LogP contribution in [0.2, 0.25) is 10.0 Å². The van der Waals surface area contributed by atoms with Gasteiger partial charge in [-0.2, -0.15) is 0 Å². The van der Waals surface area contributed by atoms with E-state index in [0.29, 0.717) is 22.2 Å². The molecule has 0 aliphatic heterocycles. The van der Waals surface area contributed by atoms with Crippen LogP contribution < -0.4 is 0 Å². The smallest absolute Gasteiger partial charge is 0.332 e. The maximum absolute atomic E-state index is 11.9. The minimum absolute atomic E-state index is 0.155. The molecule has 7 heteroatoms. The van der Waals surface area contributed by atoms with Gasteiger partial charge in [0.15, 0.2) is 0 Å². The molecule has 1 aromatic carbocycles. The molecule has 2 rings (SSSR count). The van der Waals surface area contributed by atoms with Gasteiger partial charge < -0.3 is 14.0 Å². The number of nitrogens with zero attached hydrogens (tertiary/aromatic N) is 2. The Morgan fingerprint density at radius 3 is 2.91 bits per heavy atom. The number of hydrogen-bond acceptors (Lipinski definition) is 4. The van der Waals surface area contributed by atoms with Gasteiger partial charge in [-0.15, -0.1) is 6.58 Å². The molecule has 0 saturated carbocycles. The Morgan fingerprint density at radius 2 is 2.26 bits per heavy atom. The van der Waals surface area contributed by atoms with Crippen molar-refractivity contribution in [2.75, 3.05) is 13.2 Å². The number of benzene rings is 1. The Morgan fingerprint density at radius 1 is 1.43 bits per heavy atom. The van der Waals surface area contributed by atoms with Gasteiger partial charge in [0, 0.05) is 28.0 Å². The van der Waals surface area contributed by atoms with E-state index in [-0.39, 0.29) is 13.2 Å². The molecule has 122 valence electrons. The van der Waals surface area contributed by atoms with Crippen molar-refractivity contribution in [2.45, 2.75) is 12.6 Å². The molecule has 1 aromatic heterocycles. The quantitative estimate of drug-likeness (QED) is 0.412. The Hall–Kier alpha value is -1.82. The first-order valence-corrected chi connectivity index (χ1v) is 7.64. The van der Waals surface area contributed by atoms with Crippen molar-refractivity contribution in [1.29, 1.82) is 0 Å². The van der Waals surface area contributed by atoms with Crippen LogP contribution in [0.4, 0.5) is 0 Å². The van der Waals surface area contributed by atoms with E-state index in [4.69, 9.17) is 32.7 Å². The summed E-state index contributed by atoms with van der Waals surface area (Å²) in [6.07, 6.45) is 6.05. The van der Waals surface area contributed by atoms with Crippen LogP contribution in [-0.2, 0) is 20.8 Å². The number of imidazole rings is 1. The second-order valence-electron chi connectivity index (χ2n) is 4.71. The van der Waals surface area contributed by atoms with Crippen molar-refractivity contribution >= 4 is 29.2 Å². The van der Waals surface area contributed by atoms with E-state index in [1.165, 1.54) is 0 Å². The lowest BCUT2D eigenvalue weighted by Gasteiger charge is -2.20. The number of hydrogen-bond donors (Lipinski definition) is 0. The van der Waals surface area contributed by atoms with E-state index in [1.54, 1.807) is 47.6 Å². The van der Waals surface area contributed by atoms with Gasteiger partial charge in [-0.3, -0.25) is 0 Å². The van der Waals surface area contributed by atoms with E-state index in [0.717, 1.165) is 0 Å². The standard InChI is InChI=1S/C16H16Cl2N2O3/c1-2-7-22-10-16(21)23-15(9-20-6-5-19-11-20)13-4-3-12(17)8-14(13)18/h2-6,8,11,15H,1,7,9-10H2. The van der Waals surface area contributed by atoms with Crippen molar-refractivity contribution in [3.05, 3.63) is 65.2 Å². The van der Waals surface area contributed by atoms with E-state index in [9.17, 15) is 4.79 Å². The van der Waals surface area contributed by atoms with Crippen LogP contribution >= 0.6 is 23.2 Å². The summed E-state index contributed by atoms with van der Waals surface area (Å²) in [6.45, 7) is 4.03. The molecule has 0 aliphatic carbocycles. The van der Waals surface area contributed by atoms with Crippen molar-refractivity contribution in [1.82, 2.24) is 9.55 Å². The summed E-state index contributed by atoms with van der Waals surface area (Å²) >= 11 is 12.1. The highest BCUT2D eigenvalue weighted by molar-refractivity contribution is 6.35. The third-order valence-electron chi connectivity index (χ3n) is 2.97. The van der Waals surface area contributed by atoms with E-state index in [1.807, 2.05) is 0 Å². The Bertz CT molecular complexity index is 659. The first kappa shape index (κ1) is 17.5.